The minimum Gasteiger partial charge on any atom is -0.391 e. The van der Waals surface area contributed by atoms with Crippen LogP contribution in [0.3, 0.4) is 0 Å². The van der Waals surface area contributed by atoms with Crippen molar-refractivity contribution in [3.8, 4) is 12.3 Å². The van der Waals surface area contributed by atoms with Gasteiger partial charge in [-0.3, -0.25) is 4.90 Å². The van der Waals surface area contributed by atoms with Crippen LogP contribution in [0.1, 0.15) is 19.8 Å². The number of ether oxygens (including phenoxy) is 1. The molecule has 0 radical (unpaired) electrons. The summed E-state index contributed by atoms with van der Waals surface area (Å²) in [6, 6.07) is -0.0940. The lowest BCUT2D eigenvalue weighted by Crippen LogP contribution is -2.41. The average Bonchev–Trinajstić information content (AvgIpc) is 3.18. The van der Waals surface area contributed by atoms with Crippen molar-refractivity contribution in [1.29, 1.82) is 0 Å². The van der Waals surface area contributed by atoms with Crippen molar-refractivity contribution in [2.75, 3.05) is 26.3 Å². The van der Waals surface area contributed by atoms with Crippen LogP contribution in [-0.4, -0.2) is 54.5 Å². The largest absolute Gasteiger partial charge is 0.391 e. The SMILES string of the molecule is C#CCN(CC(O)C(COCC)N=[N+]=[N-])C1CC1. The van der Waals surface area contributed by atoms with Crippen LogP contribution in [0.5, 0.6) is 0 Å². The first kappa shape index (κ1) is 14.8. The van der Waals surface area contributed by atoms with Gasteiger partial charge in [0.05, 0.1) is 25.3 Å². The smallest absolute Gasteiger partial charge is 0.0879 e. The first-order valence-corrected chi connectivity index (χ1v) is 6.20. The molecule has 18 heavy (non-hydrogen) atoms. The van der Waals surface area contributed by atoms with Crippen molar-refractivity contribution in [3.05, 3.63) is 10.4 Å². The Morgan fingerprint density at radius 2 is 2.39 bits per heavy atom. The van der Waals surface area contributed by atoms with Crippen LogP contribution in [0.2, 0.25) is 0 Å². The van der Waals surface area contributed by atoms with Crippen LogP contribution < -0.4 is 0 Å². The maximum absolute atomic E-state index is 10.1. The molecule has 0 heterocycles. The fraction of sp³-hybridized carbons (Fsp3) is 0.833. The summed E-state index contributed by atoms with van der Waals surface area (Å²) in [5.41, 5.74) is 8.49. The van der Waals surface area contributed by atoms with Crippen LogP contribution in [0.4, 0.5) is 0 Å². The molecule has 1 saturated carbocycles. The second-order valence-corrected chi connectivity index (χ2v) is 4.36. The third-order valence-corrected chi connectivity index (χ3v) is 2.92. The van der Waals surface area contributed by atoms with E-state index >= 15 is 0 Å². The molecule has 0 aromatic carbocycles. The lowest BCUT2D eigenvalue weighted by Gasteiger charge is -2.25. The summed E-state index contributed by atoms with van der Waals surface area (Å²) in [4.78, 5) is 4.80. The Labute approximate surface area is 108 Å². The molecule has 100 valence electrons. The Bertz CT molecular complexity index is 331. The van der Waals surface area contributed by atoms with E-state index in [0.29, 0.717) is 25.7 Å². The van der Waals surface area contributed by atoms with Gasteiger partial charge < -0.3 is 9.84 Å². The Morgan fingerprint density at radius 1 is 1.67 bits per heavy atom. The zero-order valence-corrected chi connectivity index (χ0v) is 10.7. The molecule has 1 rings (SSSR count). The van der Waals surface area contributed by atoms with Gasteiger partial charge in [0.15, 0.2) is 0 Å². The Balaban J connectivity index is 2.50. The highest BCUT2D eigenvalue weighted by Gasteiger charge is 2.31. The summed E-state index contributed by atoms with van der Waals surface area (Å²) >= 11 is 0. The van der Waals surface area contributed by atoms with E-state index in [1.54, 1.807) is 0 Å². The number of aliphatic hydroxyl groups excluding tert-OH is 1. The molecule has 1 N–H and O–H groups in total. The molecule has 2 atom stereocenters. The summed E-state index contributed by atoms with van der Waals surface area (Å²) in [5, 5.41) is 13.7. The Hall–Kier alpha value is -1.25. The van der Waals surface area contributed by atoms with Gasteiger partial charge in [-0.2, -0.15) is 0 Å². The molecule has 6 heteroatoms. The third-order valence-electron chi connectivity index (χ3n) is 2.92. The quantitative estimate of drug-likeness (QED) is 0.289. The van der Waals surface area contributed by atoms with Gasteiger partial charge in [0.1, 0.15) is 0 Å². The number of hydrogen-bond donors (Lipinski definition) is 1. The monoisotopic (exact) mass is 252 g/mol. The van der Waals surface area contributed by atoms with Gasteiger partial charge >= 0.3 is 0 Å². The standard InChI is InChI=1S/C12H20N4O2/c1-3-7-16(10-5-6-10)8-12(17)11(14-15-13)9-18-4-2/h1,10-12,17H,4-9H2,2H3. The van der Waals surface area contributed by atoms with Crippen molar-refractivity contribution >= 4 is 0 Å². The Kier molecular flexibility index (Phi) is 6.55. The van der Waals surface area contributed by atoms with E-state index in [9.17, 15) is 5.11 Å². The average molecular weight is 252 g/mol. The second kappa shape index (κ2) is 7.96. The Morgan fingerprint density at radius 3 is 2.89 bits per heavy atom. The molecule has 1 aliphatic carbocycles. The summed E-state index contributed by atoms with van der Waals surface area (Å²) in [6.45, 7) is 3.55. The van der Waals surface area contributed by atoms with Gasteiger partial charge in [-0.1, -0.05) is 11.0 Å². The predicted octanol–water partition coefficient (Wildman–Crippen LogP) is 1.16. The van der Waals surface area contributed by atoms with E-state index in [1.165, 1.54) is 0 Å². The van der Waals surface area contributed by atoms with Crippen molar-refractivity contribution < 1.29 is 9.84 Å². The topological polar surface area (TPSA) is 81.5 Å². The lowest BCUT2D eigenvalue weighted by atomic mass is 10.1. The van der Waals surface area contributed by atoms with Crippen molar-refractivity contribution in [1.82, 2.24) is 4.90 Å². The fourth-order valence-electron chi connectivity index (χ4n) is 1.79. The van der Waals surface area contributed by atoms with E-state index in [0.717, 1.165) is 12.8 Å². The summed E-state index contributed by atoms with van der Waals surface area (Å²) in [6.07, 6.45) is 6.79. The van der Waals surface area contributed by atoms with E-state index in [1.807, 2.05) is 6.92 Å². The number of nitrogens with zero attached hydrogens (tertiary/aromatic N) is 4. The van der Waals surface area contributed by atoms with Crippen LogP contribution in [0.15, 0.2) is 5.11 Å². The summed E-state index contributed by atoms with van der Waals surface area (Å²) in [7, 11) is 0. The fourth-order valence-corrected chi connectivity index (χ4v) is 1.79. The molecule has 0 aromatic rings. The van der Waals surface area contributed by atoms with E-state index in [-0.39, 0.29) is 6.61 Å². The van der Waals surface area contributed by atoms with Crippen LogP contribution in [0, 0.1) is 12.3 Å². The molecule has 1 fully saturated rings. The summed E-state index contributed by atoms with van der Waals surface area (Å²) < 4.78 is 5.20. The molecule has 6 nitrogen and oxygen atoms in total. The second-order valence-electron chi connectivity index (χ2n) is 4.36. The molecule has 0 spiro atoms. The highest BCUT2D eigenvalue weighted by atomic mass is 16.5. The lowest BCUT2D eigenvalue weighted by molar-refractivity contribution is 0.0468. The molecule has 0 aromatic heterocycles. The number of azide groups is 1. The van der Waals surface area contributed by atoms with Gasteiger partial charge in [0.2, 0.25) is 0 Å². The highest BCUT2D eigenvalue weighted by Crippen LogP contribution is 2.26. The molecule has 0 bridgehead atoms. The molecule has 1 aliphatic rings. The molecule has 0 saturated heterocycles. The van der Waals surface area contributed by atoms with Gasteiger partial charge in [-0.25, -0.2) is 0 Å². The van der Waals surface area contributed by atoms with Crippen molar-refractivity contribution in [2.45, 2.75) is 38.0 Å². The van der Waals surface area contributed by atoms with Crippen molar-refractivity contribution in [3.63, 3.8) is 0 Å². The van der Waals surface area contributed by atoms with Gasteiger partial charge in [-0.05, 0) is 25.3 Å². The minimum absolute atomic E-state index is 0.232. The normalized spacial score (nSPS) is 17.9. The third kappa shape index (κ3) is 4.94. The zero-order valence-electron chi connectivity index (χ0n) is 10.7. The van der Waals surface area contributed by atoms with Crippen molar-refractivity contribution in [2.24, 2.45) is 5.11 Å². The van der Waals surface area contributed by atoms with Gasteiger partial charge in [0.25, 0.3) is 0 Å². The van der Waals surface area contributed by atoms with Crippen LogP contribution in [-0.2, 0) is 4.74 Å². The van der Waals surface area contributed by atoms with E-state index in [2.05, 4.69) is 20.8 Å². The predicted molar refractivity (Wildman–Crippen MR) is 68.9 cm³/mol. The molecular formula is C12H20N4O2. The number of aliphatic hydroxyl groups is 1. The zero-order chi connectivity index (χ0) is 13.4. The van der Waals surface area contributed by atoms with Crippen LogP contribution >= 0.6 is 0 Å². The number of rotatable bonds is 9. The first-order chi connectivity index (χ1) is 8.72. The number of hydrogen-bond acceptors (Lipinski definition) is 4. The number of terminal acetylenes is 1. The molecule has 0 amide bonds. The van der Waals surface area contributed by atoms with E-state index < -0.39 is 12.1 Å². The van der Waals surface area contributed by atoms with Crippen LogP contribution in [0.25, 0.3) is 10.4 Å². The van der Waals surface area contributed by atoms with Gasteiger partial charge in [0, 0.05) is 24.1 Å². The minimum atomic E-state index is -0.749. The molecular weight excluding hydrogens is 232 g/mol. The maximum Gasteiger partial charge on any atom is 0.0879 e. The maximum atomic E-state index is 10.1. The highest BCUT2D eigenvalue weighted by molar-refractivity contribution is 4.96. The van der Waals surface area contributed by atoms with Gasteiger partial charge in [-0.15, -0.1) is 6.42 Å². The first-order valence-electron chi connectivity index (χ1n) is 6.20. The van der Waals surface area contributed by atoms with E-state index in [4.69, 9.17) is 16.7 Å². The molecule has 0 aliphatic heterocycles. The summed E-state index contributed by atoms with van der Waals surface area (Å²) in [5.74, 6) is 2.59. The molecule has 2 unspecified atom stereocenters.